The highest BCUT2D eigenvalue weighted by molar-refractivity contribution is 6.32. The smallest absolute Gasteiger partial charge is 0.179 e. The van der Waals surface area contributed by atoms with Gasteiger partial charge in [0.25, 0.3) is 0 Å². The molecule has 0 saturated heterocycles. The van der Waals surface area contributed by atoms with Crippen LogP contribution in [0.5, 0.6) is 11.5 Å². The summed E-state index contributed by atoms with van der Waals surface area (Å²) in [6, 6.07) is 10.5. The molecule has 22 heavy (non-hydrogen) atoms. The summed E-state index contributed by atoms with van der Waals surface area (Å²) in [6.45, 7) is 2.26. The van der Waals surface area contributed by atoms with E-state index in [2.05, 4.69) is 5.32 Å². The predicted octanol–water partition coefficient (Wildman–Crippen LogP) is 3.93. The Hall–Kier alpha value is -1.78. The van der Waals surface area contributed by atoms with Crippen molar-refractivity contribution in [2.45, 2.75) is 19.5 Å². The molecule has 0 atom stereocenters. The van der Waals surface area contributed by atoms with E-state index in [1.165, 1.54) is 6.07 Å². The van der Waals surface area contributed by atoms with E-state index in [-0.39, 0.29) is 5.82 Å². The van der Waals surface area contributed by atoms with Gasteiger partial charge in [0.1, 0.15) is 5.82 Å². The largest absolute Gasteiger partial charge is 0.489 e. The van der Waals surface area contributed by atoms with E-state index in [1.807, 2.05) is 18.2 Å². The lowest BCUT2D eigenvalue weighted by Gasteiger charge is -2.12. The maximum atomic E-state index is 13.6. The van der Waals surface area contributed by atoms with E-state index in [0.29, 0.717) is 48.4 Å². The monoisotopic (exact) mass is 321 g/mol. The van der Waals surface area contributed by atoms with Crippen LogP contribution in [-0.4, -0.2) is 13.2 Å². The van der Waals surface area contributed by atoms with E-state index in [1.54, 1.807) is 12.1 Å². The van der Waals surface area contributed by atoms with Crippen LogP contribution in [0, 0.1) is 5.82 Å². The summed E-state index contributed by atoms with van der Waals surface area (Å²) in [5, 5.41) is 3.76. The molecule has 2 aromatic carbocycles. The first kappa shape index (κ1) is 15.1. The molecule has 0 fully saturated rings. The summed E-state index contributed by atoms with van der Waals surface area (Å²) in [6.07, 6.45) is 0.839. The van der Waals surface area contributed by atoms with Gasteiger partial charge in [-0.25, -0.2) is 4.39 Å². The lowest BCUT2D eigenvalue weighted by molar-refractivity contribution is 0.297. The molecule has 0 aliphatic carbocycles. The van der Waals surface area contributed by atoms with Crippen molar-refractivity contribution in [3.63, 3.8) is 0 Å². The fourth-order valence-corrected chi connectivity index (χ4v) is 2.66. The van der Waals surface area contributed by atoms with Crippen LogP contribution in [0.2, 0.25) is 5.02 Å². The predicted molar refractivity (Wildman–Crippen MR) is 84.0 cm³/mol. The highest BCUT2D eigenvalue weighted by Crippen LogP contribution is 2.37. The topological polar surface area (TPSA) is 30.5 Å². The first-order valence-corrected chi connectivity index (χ1v) is 7.64. The lowest BCUT2D eigenvalue weighted by Crippen LogP contribution is -2.13. The Bertz CT molecular complexity index is 663. The second kappa shape index (κ2) is 6.99. The SMILES string of the molecule is Fc1ccccc1CNCc1cc(Cl)c2c(c1)OCCCO2. The zero-order chi connectivity index (χ0) is 15.4. The van der Waals surface area contributed by atoms with Crippen molar-refractivity contribution in [3.8, 4) is 11.5 Å². The number of ether oxygens (including phenoxy) is 2. The Kier molecular flexibility index (Phi) is 4.80. The second-order valence-corrected chi connectivity index (χ2v) is 5.56. The van der Waals surface area contributed by atoms with Crippen LogP contribution in [0.15, 0.2) is 36.4 Å². The molecule has 1 aliphatic heterocycles. The average molecular weight is 322 g/mol. The molecular formula is C17H17ClFNO2. The van der Waals surface area contributed by atoms with Crippen LogP contribution in [0.1, 0.15) is 17.5 Å². The van der Waals surface area contributed by atoms with Crippen LogP contribution < -0.4 is 14.8 Å². The third-order valence-corrected chi connectivity index (χ3v) is 3.75. The maximum Gasteiger partial charge on any atom is 0.179 e. The second-order valence-electron chi connectivity index (χ2n) is 5.15. The van der Waals surface area contributed by atoms with E-state index in [4.69, 9.17) is 21.1 Å². The van der Waals surface area contributed by atoms with Crippen molar-refractivity contribution < 1.29 is 13.9 Å². The lowest BCUT2D eigenvalue weighted by atomic mass is 10.1. The highest BCUT2D eigenvalue weighted by Gasteiger charge is 2.15. The van der Waals surface area contributed by atoms with Gasteiger partial charge in [0.2, 0.25) is 0 Å². The van der Waals surface area contributed by atoms with Gasteiger partial charge < -0.3 is 14.8 Å². The Labute approximate surface area is 134 Å². The van der Waals surface area contributed by atoms with Gasteiger partial charge in [-0.15, -0.1) is 0 Å². The van der Waals surface area contributed by atoms with Crippen molar-refractivity contribution in [2.24, 2.45) is 0 Å². The molecule has 0 amide bonds. The third-order valence-electron chi connectivity index (χ3n) is 3.46. The molecule has 0 spiro atoms. The van der Waals surface area contributed by atoms with Gasteiger partial charge in [-0.05, 0) is 23.8 Å². The normalized spacial score (nSPS) is 13.7. The molecule has 0 aromatic heterocycles. The first-order chi connectivity index (χ1) is 10.7. The number of benzene rings is 2. The molecule has 3 rings (SSSR count). The molecule has 116 valence electrons. The molecule has 0 radical (unpaired) electrons. The molecular weight excluding hydrogens is 305 g/mol. The number of rotatable bonds is 4. The Morgan fingerprint density at radius 3 is 2.77 bits per heavy atom. The van der Waals surface area contributed by atoms with E-state index in [0.717, 1.165) is 12.0 Å². The van der Waals surface area contributed by atoms with Gasteiger partial charge in [-0.3, -0.25) is 0 Å². The Balaban J connectivity index is 1.67. The van der Waals surface area contributed by atoms with Gasteiger partial charge in [-0.1, -0.05) is 29.8 Å². The molecule has 1 N–H and O–H groups in total. The Morgan fingerprint density at radius 2 is 1.91 bits per heavy atom. The zero-order valence-corrected chi connectivity index (χ0v) is 12.8. The minimum Gasteiger partial charge on any atom is -0.489 e. The summed E-state index contributed by atoms with van der Waals surface area (Å²) in [5.41, 5.74) is 1.62. The van der Waals surface area contributed by atoms with E-state index >= 15 is 0 Å². The summed E-state index contributed by atoms with van der Waals surface area (Å²) in [4.78, 5) is 0. The summed E-state index contributed by atoms with van der Waals surface area (Å²) >= 11 is 6.25. The third kappa shape index (κ3) is 3.51. The fourth-order valence-electron chi connectivity index (χ4n) is 2.37. The molecule has 1 heterocycles. The van der Waals surface area contributed by atoms with Gasteiger partial charge in [-0.2, -0.15) is 0 Å². The van der Waals surface area contributed by atoms with Gasteiger partial charge in [0, 0.05) is 25.1 Å². The van der Waals surface area contributed by atoms with Crippen LogP contribution in [-0.2, 0) is 13.1 Å². The molecule has 0 saturated carbocycles. The molecule has 1 aliphatic rings. The number of fused-ring (bicyclic) bond motifs is 1. The number of hydrogen-bond donors (Lipinski definition) is 1. The number of nitrogens with one attached hydrogen (secondary N) is 1. The summed E-state index contributed by atoms with van der Waals surface area (Å²) in [7, 11) is 0. The number of halogens is 2. The van der Waals surface area contributed by atoms with Crippen molar-refractivity contribution in [3.05, 3.63) is 58.4 Å². The quantitative estimate of drug-likeness (QED) is 0.925. The van der Waals surface area contributed by atoms with Crippen molar-refractivity contribution >= 4 is 11.6 Å². The van der Waals surface area contributed by atoms with Crippen LogP contribution in [0.4, 0.5) is 4.39 Å². The molecule has 0 bridgehead atoms. The molecule has 3 nitrogen and oxygen atoms in total. The van der Waals surface area contributed by atoms with E-state index in [9.17, 15) is 4.39 Å². The number of hydrogen-bond acceptors (Lipinski definition) is 3. The first-order valence-electron chi connectivity index (χ1n) is 7.26. The van der Waals surface area contributed by atoms with Gasteiger partial charge in [0.05, 0.1) is 18.2 Å². The minimum absolute atomic E-state index is 0.202. The van der Waals surface area contributed by atoms with Crippen LogP contribution in [0.3, 0.4) is 0 Å². The van der Waals surface area contributed by atoms with Crippen molar-refractivity contribution in [1.82, 2.24) is 5.32 Å². The molecule has 2 aromatic rings. The minimum atomic E-state index is -0.202. The van der Waals surface area contributed by atoms with Crippen molar-refractivity contribution in [2.75, 3.05) is 13.2 Å². The highest BCUT2D eigenvalue weighted by atomic mass is 35.5. The fraction of sp³-hybridized carbons (Fsp3) is 0.294. The van der Waals surface area contributed by atoms with Crippen LogP contribution >= 0.6 is 11.6 Å². The Morgan fingerprint density at radius 1 is 1.09 bits per heavy atom. The maximum absolute atomic E-state index is 13.6. The zero-order valence-electron chi connectivity index (χ0n) is 12.1. The molecule has 0 unspecified atom stereocenters. The van der Waals surface area contributed by atoms with Gasteiger partial charge >= 0.3 is 0 Å². The standard InChI is InChI=1S/C17H17ClFNO2/c18-14-8-12(9-16-17(14)22-7-3-6-21-16)10-20-11-13-4-1-2-5-15(13)19/h1-2,4-5,8-9,20H,3,6-7,10-11H2. The van der Waals surface area contributed by atoms with E-state index < -0.39 is 0 Å². The summed E-state index contributed by atoms with van der Waals surface area (Å²) in [5.74, 6) is 1.08. The van der Waals surface area contributed by atoms with Crippen LogP contribution in [0.25, 0.3) is 0 Å². The average Bonchev–Trinajstić information content (AvgIpc) is 2.75. The van der Waals surface area contributed by atoms with Crippen molar-refractivity contribution in [1.29, 1.82) is 0 Å². The van der Waals surface area contributed by atoms with Gasteiger partial charge in [0.15, 0.2) is 11.5 Å². The summed E-state index contributed by atoms with van der Waals surface area (Å²) < 4.78 is 24.8. The molecule has 5 heteroatoms.